The van der Waals surface area contributed by atoms with Crippen molar-refractivity contribution in [2.45, 2.75) is 11.7 Å². The van der Waals surface area contributed by atoms with Gasteiger partial charge in [0.25, 0.3) is 0 Å². The molecule has 150 valence electrons. The molecule has 3 N–H and O–H groups in total. The van der Waals surface area contributed by atoms with E-state index in [-0.39, 0.29) is 37.0 Å². The first-order valence-electron chi connectivity index (χ1n) is 8.84. The lowest BCUT2D eigenvalue weighted by Gasteiger charge is -2.14. The normalized spacial score (nSPS) is 17.6. The first-order valence-corrected chi connectivity index (χ1v) is 9.71. The molecule has 2 amide bonds. The highest BCUT2D eigenvalue weighted by molar-refractivity contribution is 8.15. The van der Waals surface area contributed by atoms with Crippen LogP contribution in [0, 0.1) is 0 Å². The Labute approximate surface area is 171 Å². The topological polar surface area (TPSA) is 119 Å². The predicted molar refractivity (Wildman–Crippen MR) is 110 cm³/mol. The summed E-state index contributed by atoms with van der Waals surface area (Å²) < 4.78 is 0. The standard InChI is InChI=1S/C20H19N3O5S/c24-11-10-23-18(26)16(29-20(23)22-14-4-2-1-3-5-14)12-17(25)21-15-8-6-13(7-9-15)19(27)28/h1-9,16,24H,10-12H2,(H,21,25)(H,27,28)/t16-/m0/s1. The number of rotatable bonds is 7. The summed E-state index contributed by atoms with van der Waals surface area (Å²) in [7, 11) is 0. The lowest BCUT2D eigenvalue weighted by Crippen LogP contribution is -2.35. The molecule has 0 unspecified atom stereocenters. The van der Waals surface area contributed by atoms with Gasteiger partial charge in [0.15, 0.2) is 5.17 Å². The molecule has 1 aliphatic rings. The SMILES string of the molecule is O=C(C[C@@H]1SC(=Nc2ccccc2)N(CCO)C1=O)Nc1ccc(C(=O)O)cc1. The number of carboxylic acids is 1. The minimum atomic E-state index is -1.05. The summed E-state index contributed by atoms with van der Waals surface area (Å²) in [5.74, 6) is -1.70. The van der Waals surface area contributed by atoms with Gasteiger partial charge in [0.05, 0.1) is 24.4 Å². The number of amidine groups is 1. The zero-order chi connectivity index (χ0) is 20.8. The van der Waals surface area contributed by atoms with Gasteiger partial charge in [-0.05, 0) is 36.4 Å². The zero-order valence-corrected chi connectivity index (χ0v) is 16.1. The van der Waals surface area contributed by atoms with E-state index in [4.69, 9.17) is 5.11 Å². The van der Waals surface area contributed by atoms with Gasteiger partial charge in [0.2, 0.25) is 11.8 Å². The van der Waals surface area contributed by atoms with Crippen LogP contribution in [0.4, 0.5) is 11.4 Å². The summed E-state index contributed by atoms with van der Waals surface area (Å²) in [5.41, 5.74) is 1.24. The molecular formula is C20H19N3O5S. The Bertz CT molecular complexity index is 931. The summed E-state index contributed by atoms with van der Waals surface area (Å²) in [6, 6.07) is 14.9. The van der Waals surface area contributed by atoms with Crippen LogP contribution in [0.3, 0.4) is 0 Å². The molecule has 0 aromatic heterocycles. The third-order valence-electron chi connectivity index (χ3n) is 4.11. The maximum atomic E-state index is 12.7. The number of thioether (sulfide) groups is 1. The average molecular weight is 413 g/mol. The molecule has 0 saturated carbocycles. The number of anilines is 1. The van der Waals surface area contributed by atoms with Crippen LogP contribution in [-0.4, -0.2) is 56.5 Å². The number of nitrogens with one attached hydrogen (secondary N) is 1. The summed E-state index contributed by atoms with van der Waals surface area (Å²) in [6.07, 6.45) is -0.0695. The number of carbonyl (C=O) groups is 3. The van der Waals surface area contributed by atoms with E-state index < -0.39 is 11.2 Å². The van der Waals surface area contributed by atoms with E-state index >= 15 is 0 Å². The van der Waals surface area contributed by atoms with Crippen molar-refractivity contribution in [1.82, 2.24) is 4.90 Å². The first-order chi connectivity index (χ1) is 14.0. The van der Waals surface area contributed by atoms with E-state index in [1.54, 1.807) is 12.1 Å². The monoisotopic (exact) mass is 413 g/mol. The third-order valence-corrected chi connectivity index (χ3v) is 5.29. The van der Waals surface area contributed by atoms with Gasteiger partial charge in [-0.15, -0.1) is 0 Å². The van der Waals surface area contributed by atoms with Gasteiger partial charge in [0.1, 0.15) is 5.25 Å². The fourth-order valence-corrected chi connectivity index (χ4v) is 3.90. The highest BCUT2D eigenvalue weighted by Crippen LogP contribution is 2.31. The van der Waals surface area contributed by atoms with Crippen molar-refractivity contribution >= 4 is 46.1 Å². The van der Waals surface area contributed by atoms with Gasteiger partial charge in [0, 0.05) is 12.1 Å². The molecule has 9 heteroatoms. The number of hydrogen-bond acceptors (Lipinski definition) is 6. The van der Waals surface area contributed by atoms with E-state index in [0.29, 0.717) is 16.5 Å². The first kappa shape index (κ1) is 20.6. The van der Waals surface area contributed by atoms with Gasteiger partial charge in [-0.2, -0.15) is 0 Å². The lowest BCUT2D eigenvalue weighted by atomic mass is 10.2. The quantitative estimate of drug-likeness (QED) is 0.641. The Kier molecular flexibility index (Phi) is 6.63. The number of hydrogen-bond donors (Lipinski definition) is 3. The molecule has 1 saturated heterocycles. The predicted octanol–water partition coefficient (Wildman–Crippen LogP) is 2.34. The number of amides is 2. The zero-order valence-electron chi connectivity index (χ0n) is 15.3. The molecule has 0 spiro atoms. The summed E-state index contributed by atoms with van der Waals surface area (Å²) in [5, 5.41) is 20.6. The van der Waals surface area contributed by atoms with E-state index in [1.165, 1.54) is 40.9 Å². The Morgan fingerprint density at radius 1 is 1.10 bits per heavy atom. The molecule has 1 fully saturated rings. The molecule has 8 nitrogen and oxygen atoms in total. The van der Waals surface area contributed by atoms with Crippen LogP contribution in [0.25, 0.3) is 0 Å². The van der Waals surface area contributed by atoms with E-state index in [1.807, 2.05) is 18.2 Å². The van der Waals surface area contributed by atoms with Crippen molar-refractivity contribution in [2.75, 3.05) is 18.5 Å². The molecule has 2 aromatic carbocycles. The second-order valence-corrected chi connectivity index (χ2v) is 7.35. The van der Waals surface area contributed by atoms with Crippen LogP contribution < -0.4 is 5.32 Å². The lowest BCUT2D eigenvalue weighted by molar-refractivity contribution is -0.128. The number of nitrogens with zero attached hydrogens (tertiary/aromatic N) is 2. The second-order valence-electron chi connectivity index (χ2n) is 6.18. The van der Waals surface area contributed by atoms with Gasteiger partial charge in [-0.25, -0.2) is 9.79 Å². The van der Waals surface area contributed by atoms with Crippen molar-refractivity contribution in [3.63, 3.8) is 0 Å². The molecular weight excluding hydrogens is 394 g/mol. The second kappa shape index (κ2) is 9.35. The van der Waals surface area contributed by atoms with Crippen LogP contribution in [-0.2, 0) is 9.59 Å². The van der Waals surface area contributed by atoms with Crippen LogP contribution in [0.1, 0.15) is 16.8 Å². The summed E-state index contributed by atoms with van der Waals surface area (Å²) in [4.78, 5) is 41.8. The van der Waals surface area contributed by atoms with E-state index in [2.05, 4.69) is 10.3 Å². The average Bonchev–Trinajstić information content (AvgIpc) is 2.98. The van der Waals surface area contributed by atoms with Crippen molar-refractivity contribution < 1.29 is 24.6 Å². The number of aliphatic imine (C=N–C) groups is 1. The summed E-state index contributed by atoms with van der Waals surface area (Å²) in [6.45, 7) is -0.110. The van der Waals surface area contributed by atoms with Gasteiger partial charge in [-0.3, -0.25) is 14.5 Å². The molecule has 3 rings (SSSR count). The maximum absolute atomic E-state index is 12.7. The van der Waals surface area contributed by atoms with Crippen molar-refractivity contribution in [3.8, 4) is 0 Å². The number of para-hydroxylation sites is 1. The molecule has 2 aromatic rings. The maximum Gasteiger partial charge on any atom is 0.335 e. The van der Waals surface area contributed by atoms with E-state index in [9.17, 15) is 19.5 Å². The molecule has 0 aliphatic carbocycles. The number of aromatic carboxylic acids is 1. The molecule has 29 heavy (non-hydrogen) atoms. The van der Waals surface area contributed by atoms with Crippen LogP contribution >= 0.6 is 11.8 Å². The fourth-order valence-electron chi connectivity index (χ4n) is 2.72. The smallest absolute Gasteiger partial charge is 0.335 e. The van der Waals surface area contributed by atoms with Gasteiger partial charge < -0.3 is 15.5 Å². The Morgan fingerprint density at radius 2 is 1.79 bits per heavy atom. The Morgan fingerprint density at radius 3 is 2.41 bits per heavy atom. The van der Waals surface area contributed by atoms with Crippen LogP contribution in [0.2, 0.25) is 0 Å². The number of aliphatic hydroxyl groups is 1. The van der Waals surface area contributed by atoms with Crippen LogP contribution in [0.15, 0.2) is 59.6 Å². The van der Waals surface area contributed by atoms with Crippen molar-refractivity contribution in [1.29, 1.82) is 0 Å². The van der Waals surface area contributed by atoms with Crippen molar-refractivity contribution in [2.24, 2.45) is 4.99 Å². The summed E-state index contributed by atoms with van der Waals surface area (Å²) >= 11 is 1.18. The molecule has 1 atom stereocenters. The fraction of sp³-hybridized carbons (Fsp3) is 0.200. The molecule has 0 bridgehead atoms. The van der Waals surface area contributed by atoms with Crippen LogP contribution in [0.5, 0.6) is 0 Å². The Balaban J connectivity index is 1.68. The third kappa shape index (κ3) is 5.21. The number of carboxylic acid groups (broad SMARTS) is 1. The number of carbonyl (C=O) groups excluding carboxylic acids is 2. The minimum absolute atomic E-state index is 0.0695. The van der Waals surface area contributed by atoms with Crippen molar-refractivity contribution in [3.05, 3.63) is 60.2 Å². The van der Waals surface area contributed by atoms with E-state index in [0.717, 1.165) is 0 Å². The van der Waals surface area contributed by atoms with Gasteiger partial charge >= 0.3 is 5.97 Å². The number of benzene rings is 2. The highest BCUT2D eigenvalue weighted by Gasteiger charge is 2.38. The number of aliphatic hydroxyl groups excluding tert-OH is 1. The van der Waals surface area contributed by atoms with Gasteiger partial charge in [-0.1, -0.05) is 30.0 Å². The largest absolute Gasteiger partial charge is 0.478 e. The molecule has 0 radical (unpaired) electrons. The molecule has 1 heterocycles. The molecule has 1 aliphatic heterocycles. The minimum Gasteiger partial charge on any atom is -0.478 e. The number of β-amino-alcohol motifs (C(OH)–C–C–N with tert-alkyl or cyclic N) is 1. The Hall–Kier alpha value is -3.17. The highest BCUT2D eigenvalue weighted by atomic mass is 32.2.